The van der Waals surface area contributed by atoms with Gasteiger partial charge in [-0.05, 0) is 25.3 Å². The molecule has 2 atom stereocenters. The van der Waals surface area contributed by atoms with E-state index in [0.29, 0.717) is 26.1 Å². The summed E-state index contributed by atoms with van der Waals surface area (Å²) in [5.74, 6) is -0.0449. The van der Waals surface area contributed by atoms with Gasteiger partial charge in [0.15, 0.2) is 0 Å². The Morgan fingerprint density at radius 2 is 2.00 bits per heavy atom. The minimum atomic E-state index is -3.48. The minimum Gasteiger partial charge on any atom is -0.381 e. The van der Waals surface area contributed by atoms with Crippen LogP contribution in [0.1, 0.15) is 17.5 Å². The van der Waals surface area contributed by atoms with Crippen molar-refractivity contribution < 1.29 is 13.2 Å². The second-order valence-electron chi connectivity index (χ2n) is 4.94. The van der Waals surface area contributed by atoms with Crippen LogP contribution >= 0.6 is 0 Å². The highest BCUT2D eigenvalue weighted by molar-refractivity contribution is 7.89. The molecule has 0 bridgehead atoms. The Labute approximate surface area is 108 Å². The lowest BCUT2D eigenvalue weighted by atomic mass is 9.93. The quantitative estimate of drug-likeness (QED) is 0.897. The lowest BCUT2D eigenvalue weighted by molar-refractivity contribution is 0.0572. The summed E-state index contributed by atoms with van der Waals surface area (Å²) in [5, 5.41) is 4.82. The van der Waals surface area contributed by atoms with Gasteiger partial charge >= 0.3 is 0 Å². The molecule has 0 unspecified atom stereocenters. The van der Waals surface area contributed by atoms with Crippen LogP contribution in [0.25, 0.3) is 0 Å². The average molecular weight is 269 g/mol. The van der Waals surface area contributed by atoms with Crippen molar-refractivity contribution in [2.45, 2.75) is 25.0 Å². The second-order valence-corrected chi connectivity index (χ2v) is 6.72. The summed E-state index contributed by atoms with van der Waals surface area (Å²) in [6.07, 6.45) is 1.19. The molecule has 1 heterocycles. The Bertz CT molecular complexity index is 495. The van der Waals surface area contributed by atoms with Crippen molar-refractivity contribution >= 4 is 10.0 Å². The fourth-order valence-corrected chi connectivity index (χ4v) is 3.56. The van der Waals surface area contributed by atoms with Crippen LogP contribution in [0, 0.1) is 12.8 Å². The molecule has 0 radical (unpaired) electrons. The van der Waals surface area contributed by atoms with Crippen molar-refractivity contribution in [1.82, 2.24) is 0 Å². The van der Waals surface area contributed by atoms with E-state index in [1.165, 1.54) is 5.56 Å². The third-order valence-electron chi connectivity index (χ3n) is 3.44. The van der Waals surface area contributed by atoms with Gasteiger partial charge < -0.3 is 4.74 Å². The van der Waals surface area contributed by atoms with Crippen LogP contribution in [-0.2, 0) is 21.2 Å². The zero-order chi connectivity index (χ0) is 13.2. The van der Waals surface area contributed by atoms with Crippen molar-refractivity contribution in [3.8, 4) is 0 Å². The largest absolute Gasteiger partial charge is 0.381 e. The monoisotopic (exact) mass is 269 g/mol. The second kappa shape index (κ2) is 5.38. The molecule has 4 nitrogen and oxygen atoms in total. The average Bonchev–Trinajstić information content (AvgIpc) is 2.31. The number of sulfonamides is 1. The van der Waals surface area contributed by atoms with E-state index in [9.17, 15) is 8.42 Å². The molecule has 1 aromatic rings. The lowest BCUT2D eigenvalue weighted by Crippen LogP contribution is -2.42. The summed E-state index contributed by atoms with van der Waals surface area (Å²) in [6.45, 7) is 2.97. The predicted octanol–water partition coefficient (Wildman–Crippen LogP) is 1.23. The predicted molar refractivity (Wildman–Crippen MR) is 70.7 cm³/mol. The summed E-state index contributed by atoms with van der Waals surface area (Å²) in [7, 11) is -3.48. The highest BCUT2D eigenvalue weighted by Crippen LogP contribution is 2.24. The molecule has 0 amide bonds. The lowest BCUT2D eigenvalue weighted by Gasteiger charge is -2.29. The Kier molecular flexibility index (Phi) is 4.04. The van der Waals surface area contributed by atoms with E-state index in [4.69, 9.17) is 9.88 Å². The highest BCUT2D eigenvalue weighted by atomic mass is 32.2. The first-order valence-electron chi connectivity index (χ1n) is 6.12. The summed E-state index contributed by atoms with van der Waals surface area (Å²) >= 11 is 0. The van der Waals surface area contributed by atoms with E-state index in [-0.39, 0.29) is 5.92 Å². The maximum absolute atomic E-state index is 11.6. The number of primary sulfonamides is 1. The molecule has 1 aliphatic rings. The van der Waals surface area contributed by atoms with Crippen LogP contribution in [-0.4, -0.2) is 26.9 Å². The van der Waals surface area contributed by atoms with E-state index >= 15 is 0 Å². The minimum absolute atomic E-state index is 0.0449. The first kappa shape index (κ1) is 13.5. The van der Waals surface area contributed by atoms with Gasteiger partial charge in [0.1, 0.15) is 0 Å². The first-order valence-corrected chi connectivity index (χ1v) is 7.72. The fourth-order valence-electron chi connectivity index (χ4n) is 2.43. The van der Waals surface area contributed by atoms with Gasteiger partial charge in [0.05, 0.1) is 11.9 Å². The molecule has 1 aromatic carbocycles. The van der Waals surface area contributed by atoms with Crippen molar-refractivity contribution in [1.29, 1.82) is 0 Å². The van der Waals surface area contributed by atoms with Crippen molar-refractivity contribution in [3.05, 3.63) is 35.4 Å². The standard InChI is InChI=1S/C13H19NO3S/c1-10-2-4-11(5-3-10)8-12-9-17-7-6-13(12)18(14,15)16/h2-5,12-13H,6-9H2,1H3,(H2,14,15,16)/t12-,13-/m1/s1. The number of benzene rings is 1. The Morgan fingerprint density at radius 3 is 2.61 bits per heavy atom. The van der Waals surface area contributed by atoms with E-state index in [1.54, 1.807) is 0 Å². The number of aryl methyl sites for hydroxylation is 1. The molecule has 1 saturated heterocycles. The summed E-state index contributed by atoms with van der Waals surface area (Å²) in [4.78, 5) is 0. The molecule has 5 heteroatoms. The third-order valence-corrected chi connectivity index (χ3v) is 4.91. The molecule has 1 aliphatic heterocycles. The molecule has 1 fully saturated rings. The van der Waals surface area contributed by atoms with Gasteiger partial charge in [0.2, 0.25) is 10.0 Å². The molecule has 100 valence electrons. The molecule has 2 N–H and O–H groups in total. The Morgan fingerprint density at radius 1 is 1.33 bits per heavy atom. The van der Waals surface area contributed by atoms with E-state index in [2.05, 4.69) is 0 Å². The van der Waals surface area contributed by atoms with Gasteiger partial charge in [0.25, 0.3) is 0 Å². The van der Waals surface area contributed by atoms with Crippen LogP contribution in [0.4, 0.5) is 0 Å². The van der Waals surface area contributed by atoms with E-state index in [1.807, 2.05) is 31.2 Å². The zero-order valence-electron chi connectivity index (χ0n) is 10.5. The topological polar surface area (TPSA) is 69.4 Å². The number of nitrogens with two attached hydrogens (primary N) is 1. The van der Waals surface area contributed by atoms with Crippen LogP contribution in [0.15, 0.2) is 24.3 Å². The molecule has 0 aliphatic carbocycles. The van der Waals surface area contributed by atoms with Gasteiger partial charge in [-0.1, -0.05) is 29.8 Å². The summed E-state index contributed by atoms with van der Waals surface area (Å²) < 4.78 is 28.5. The highest BCUT2D eigenvalue weighted by Gasteiger charge is 2.33. The van der Waals surface area contributed by atoms with Gasteiger partial charge in [-0.3, -0.25) is 0 Å². The third kappa shape index (κ3) is 3.31. The fraction of sp³-hybridized carbons (Fsp3) is 0.538. The normalized spacial score (nSPS) is 25.0. The van der Waals surface area contributed by atoms with Gasteiger partial charge in [-0.25, -0.2) is 13.6 Å². The summed E-state index contributed by atoms with van der Waals surface area (Å²) in [6, 6.07) is 8.13. The van der Waals surface area contributed by atoms with Crippen molar-refractivity contribution in [2.24, 2.45) is 11.1 Å². The van der Waals surface area contributed by atoms with E-state index < -0.39 is 15.3 Å². The van der Waals surface area contributed by atoms with E-state index in [0.717, 1.165) is 5.56 Å². The molecule has 0 aromatic heterocycles. The van der Waals surface area contributed by atoms with Gasteiger partial charge in [-0.15, -0.1) is 0 Å². The molecular formula is C13H19NO3S. The zero-order valence-corrected chi connectivity index (χ0v) is 11.3. The van der Waals surface area contributed by atoms with Crippen LogP contribution in [0.5, 0.6) is 0 Å². The smallest absolute Gasteiger partial charge is 0.212 e. The Hall–Kier alpha value is -0.910. The molecule has 0 saturated carbocycles. The van der Waals surface area contributed by atoms with Gasteiger partial charge in [0, 0.05) is 12.5 Å². The molecule has 2 rings (SSSR count). The molecule has 0 spiro atoms. The SMILES string of the molecule is Cc1ccc(C[C@@H]2COCC[C@H]2S(N)(=O)=O)cc1. The van der Waals surface area contributed by atoms with Crippen LogP contribution in [0.3, 0.4) is 0 Å². The van der Waals surface area contributed by atoms with Crippen molar-refractivity contribution in [2.75, 3.05) is 13.2 Å². The maximum Gasteiger partial charge on any atom is 0.212 e. The number of hydrogen-bond acceptors (Lipinski definition) is 3. The summed E-state index contributed by atoms with van der Waals surface area (Å²) in [5.41, 5.74) is 2.33. The van der Waals surface area contributed by atoms with Gasteiger partial charge in [-0.2, -0.15) is 0 Å². The van der Waals surface area contributed by atoms with Crippen molar-refractivity contribution in [3.63, 3.8) is 0 Å². The number of hydrogen-bond donors (Lipinski definition) is 1. The van der Waals surface area contributed by atoms with Crippen LogP contribution in [0.2, 0.25) is 0 Å². The molecule has 18 heavy (non-hydrogen) atoms. The van der Waals surface area contributed by atoms with Crippen LogP contribution < -0.4 is 5.14 Å². The Balaban J connectivity index is 2.13. The first-order chi connectivity index (χ1) is 8.47. The number of ether oxygens (including phenoxy) is 1. The molecular weight excluding hydrogens is 250 g/mol. The maximum atomic E-state index is 11.6. The number of rotatable bonds is 3.